The van der Waals surface area contributed by atoms with Gasteiger partial charge in [-0.05, 0) is 51.8 Å². The van der Waals surface area contributed by atoms with E-state index in [1.54, 1.807) is 7.11 Å². The van der Waals surface area contributed by atoms with Gasteiger partial charge in [0.25, 0.3) is 0 Å². The third-order valence-electron chi connectivity index (χ3n) is 3.74. The Kier molecular flexibility index (Phi) is 4.25. The van der Waals surface area contributed by atoms with Crippen LogP contribution in [0.4, 0.5) is 0 Å². The zero-order valence-corrected chi connectivity index (χ0v) is 14.2. The van der Waals surface area contributed by atoms with Gasteiger partial charge in [-0.15, -0.1) is 0 Å². The van der Waals surface area contributed by atoms with E-state index in [0.717, 1.165) is 21.5 Å². The molecule has 0 aliphatic carbocycles. The number of aryl methyl sites for hydroxylation is 1. The van der Waals surface area contributed by atoms with Crippen molar-refractivity contribution in [1.29, 1.82) is 0 Å². The maximum atomic E-state index is 5.25. The second-order valence-electron chi connectivity index (χ2n) is 5.10. The molecule has 0 aliphatic rings. The largest absolute Gasteiger partial charge is 0.496 e. The highest BCUT2D eigenvalue weighted by Crippen LogP contribution is 2.26. The van der Waals surface area contributed by atoms with Crippen LogP contribution in [0.3, 0.4) is 0 Å². The first-order valence-electron chi connectivity index (χ1n) is 7.08. The third kappa shape index (κ3) is 2.90. The number of methoxy groups -OCH3 is 1. The Morgan fingerprint density at radius 3 is 2.59 bits per heavy atom. The molecule has 1 aromatic heterocycles. The molecule has 0 unspecified atom stereocenters. The molecule has 3 heteroatoms. The average Bonchev–Trinajstić information content (AvgIpc) is 2.55. The van der Waals surface area contributed by atoms with Crippen molar-refractivity contribution in [3.63, 3.8) is 0 Å². The van der Waals surface area contributed by atoms with E-state index in [2.05, 4.69) is 82.2 Å². The third-order valence-corrected chi connectivity index (χ3v) is 4.36. The molecule has 0 radical (unpaired) electrons. The SMILES string of the molecule is COc1ccc(C=Cc2ccc3ccccc3[n+]2C)cc1Br. The number of halogens is 1. The number of para-hydroxylation sites is 1. The minimum absolute atomic E-state index is 0.841. The summed E-state index contributed by atoms with van der Waals surface area (Å²) in [5.74, 6) is 0.841. The van der Waals surface area contributed by atoms with Gasteiger partial charge in [0, 0.05) is 23.6 Å². The lowest BCUT2D eigenvalue weighted by Crippen LogP contribution is -2.32. The summed E-state index contributed by atoms with van der Waals surface area (Å²) in [6.45, 7) is 0. The standard InChI is InChI=1S/C19H17BrNO/c1-21-16(11-9-15-5-3-4-6-18(15)21)10-7-14-8-12-19(22-2)17(20)13-14/h3-13H,1-2H3/q+1. The molecule has 0 aliphatic heterocycles. The minimum Gasteiger partial charge on any atom is -0.496 e. The predicted octanol–water partition coefficient (Wildman–Crippen LogP) is 4.61. The van der Waals surface area contributed by atoms with E-state index in [-0.39, 0.29) is 0 Å². The molecule has 0 saturated carbocycles. The Hall–Kier alpha value is -2.13. The number of benzene rings is 2. The molecule has 2 nitrogen and oxygen atoms in total. The van der Waals surface area contributed by atoms with Gasteiger partial charge in [-0.1, -0.05) is 18.2 Å². The summed E-state index contributed by atoms with van der Waals surface area (Å²) >= 11 is 3.52. The highest BCUT2D eigenvalue weighted by molar-refractivity contribution is 9.10. The number of fused-ring (bicyclic) bond motifs is 1. The zero-order valence-electron chi connectivity index (χ0n) is 12.6. The summed E-state index contributed by atoms with van der Waals surface area (Å²) in [5, 5.41) is 1.24. The Bertz CT molecular complexity index is 855. The van der Waals surface area contributed by atoms with Crippen molar-refractivity contribution in [2.75, 3.05) is 7.11 Å². The lowest BCUT2D eigenvalue weighted by atomic mass is 10.1. The number of aromatic nitrogens is 1. The van der Waals surface area contributed by atoms with Crippen LogP contribution in [0.2, 0.25) is 0 Å². The first-order valence-corrected chi connectivity index (χ1v) is 7.88. The molecule has 0 amide bonds. The van der Waals surface area contributed by atoms with Crippen molar-refractivity contribution in [3.8, 4) is 5.75 Å². The van der Waals surface area contributed by atoms with Crippen LogP contribution in [0.5, 0.6) is 5.75 Å². The normalized spacial score (nSPS) is 11.2. The number of ether oxygens (including phenoxy) is 1. The fourth-order valence-corrected chi connectivity index (χ4v) is 3.05. The van der Waals surface area contributed by atoms with E-state index in [1.807, 2.05) is 12.1 Å². The first-order chi connectivity index (χ1) is 10.7. The average molecular weight is 355 g/mol. The van der Waals surface area contributed by atoms with Crippen molar-refractivity contribution in [2.24, 2.45) is 7.05 Å². The van der Waals surface area contributed by atoms with Crippen LogP contribution in [-0.2, 0) is 7.05 Å². The van der Waals surface area contributed by atoms with Crippen LogP contribution in [0.1, 0.15) is 11.3 Å². The molecule has 2 aromatic carbocycles. The van der Waals surface area contributed by atoms with Crippen molar-refractivity contribution in [3.05, 3.63) is 70.3 Å². The Morgan fingerprint density at radius 1 is 1.00 bits per heavy atom. The first kappa shape index (κ1) is 14.8. The summed E-state index contributed by atoms with van der Waals surface area (Å²) in [7, 11) is 3.76. The molecule has 1 heterocycles. The Balaban J connectivity index is 1.95. The Morgan fingerprint density at radius 2 is 1.82 bits per heavy atom. The predicted molar refractivity (Wildman–Crippen MR) is 94.7 cm³/mol. The number of hydrogen-bond donors (Lipinski definition) is 0. The number of hydrogen-bond acceptors (Lipinski definition) is 1. The quantitative estimate of drug-likeness (QED) is 0.626. The molecule has 0 saturated heterocycles. The van der Waals surface area contributed by atoms with E-state index < -0.39 is 0 Å². The topological polar surface area (TPSA) is 13.1 Å². The molecule has 3 rings (SSSR count). The summed E-state index contributed by atoms with van der Waals surface area (Å²) in [4.78, 5) is 0. The van der Waals surface area contributed by atoms with E-state index in [4.69, 9.17) is 4.74 Å². The summed E-state index contributed by atoms with van der Waals surface area (Å²) in [6.07, 6.45) is 4.23. The monoisotopic (exact) mass is 354 g/mol. The molecule has 22 heavy (non-hydrogen) atoms. The fraction of sp³-hybridized carbons (Fsp3) is 0.105. The summed E-state index contributed by atoms with van der Waals surface area (Å²) < 4.78 is 8.41. The van der Waals surface area contributed by atoms with Gasteiger partial charge in [0.05, 0.1) is 11.6 Å². The zero-order chi connectivity index (χ0) is 15.5. The molecule has 0 atom stereocenters. The second kappa shape index (κ2) is 6.32. The molecule has 110 valence electrons. The van der Waals surface area contributed by atoms with E-state index >= 15 is 0 Å². The summed E-state index contributed by atoms with van der Waals surface area (Å²) in [6, 6.07) is 18.7. The molecule has 0 bridgehead atoms. The van der Waals surface area contributed by atoms with Gasteiger partial charge in [0.15, 0.2) is 0 Å². The molecule has 0 fully saturated rings. The fourth-order valence-electron chi connectivity index (χ4n) is 2.50. The van der Waals surface area contributed by atoms with Gasteiger partial charge in [0.1, 0.15) is 12.8 Å². The van der Waals surface area contributed by atoms with Crippen LogP contribution in [-0.4, -0.2) is 7.11 Å². The Labute approximate surface area is 138 Å². The van der Waals surface area contributed by atoms with Gasteiger partial charge in [-0.2, -0.15) is 4.57 Å². The van der Waals surface area contributed by atoms with Crippen LogP contribution < -0.4 is 9.30 Å². The van der Waals surface area contributed by atoms with Gasteiger partial charge in [-0.3, -0.25) is 0 Å². The molecular weight excluding hydrogens is 338 g/mol. The van der Waals surface area contributed by atoms with Gasteiger partial charge in [0.2, 0.25) is 11.2 Å². The summed E-state index contributed by atoms with van der Waals surface area (Å²) in [5.41, 5.74) is 3.51. The molecule has 3 aromatic rings. The maximum Gasteiger partial charge on any atom is 0.212 e. The van der Waals surface area contributed by atoms with Gasteiger partial charge >= 0.3 is 0 Å². The van der Waals surface area contributed by atoms with Crippen molar-refractivity contribution in [1.82, 2.24) is 0 Å². The van der Waals surface area contributed by atoms with E-state index in [0.29, 0.717) is 0 Å². The number of nitrogens with zero attached hydrogens (tertiary/aromatic N) is 1. The van der Waals surface area contributed by atoms with E-state index in [9.17, 15) is 0 Å². The highest BCUT2D eigenvalue weighted by Gasteiger charge is 2.08. The minimum atomic E-state index is 0.841. The van der Waals surface area contributed by atoms with Crippen molar-refractivity contribution in [2.45, 2.75) is 0 Å². The molecular formula is C19H17BrNO+. The van der Waals surface area contributed by atoms with Crippen LogP contribution in [0, 0.1) is 0 Å². The van der Waals surface area contributed by atoms with Crippen LogP contribution in [0.15, 0.2) is 59.1 Å². The smallest absolute Gasteiger partial charge is 0.212 e. The van der Waals surface area contributed by atoms with Crippen molar-refractivity contribution < 1.29 is 9.30 Å². The molecule has 0 N–H and O–H groups in total. The molecule has 0 spiro atoms. The lowest BCUT2D eigenvalue weighted by Gasteiger charge is -2.03. The lowest BCUT2D eigenvalue weighted by molar-refractivity contribution is -0.646. The maximum absolute atomic E-state index is 5.25. The van der Waals surface area contributed by atoms with Crippen LogP contribution in [0.25, 0.3) is 23.1 Å². The number of pyridine rings is 1. The highest BCUT2D eigenvalue weighted by atomic mass is 79.9. The van der Waals surface area contributed by atoms with E-state index in [1.165, 1.54) is 10.9 Å². The van der Waals surface area contributed by atoms with Gasteiger partial charge in [-0.25, -0.2) is 0 Å². The van der Waals surface area contributed by atoms with Gasteiger partial charge < -0.3 is 4.74 Å². The second-order valence-corrected chi connectivity index (χ2v) is 5.96. The number of rotatable bonds is 3. The van der Waals surface area contributed by atoms with Crippen LogP contribution >= 0.6 is 15.9 Å². The van der Waals surface area contributed by atoms with Crippen molar-refractivity contribution >= 4 is 39.0 Å².